The van der Waals surface area contributed by atoms with Crippen molar-refractivity contribution in [1.29, 1.82) is 0 Å². The van der Waals surface area contributed by atoms with E-state index in [1.54, 1.807) is 18.9 Å². The Kier molecular flexibility index (Phi) is 11.6. The highest BCUT2D eigenvalue weighted by Gasteiger charge is 2.25. The molecule has 2 aromatic carbocycles. The van der Waals surface area contributed by atoms with Gasteiger partial charge in [-0.05, 0) is 35.4 Å². The molecule has 206 valence electrons. The van der Waals surface area contributed by atoms with Crippen LogP contribution in [0.15, 0.2) is 46.4 Å². The summed E-state index contributed by atoms with van der Waals surface area (Å²) >= 11 is 1.64. The molecule has 3 amide bonds. The van der Waals surface area contributed by atoms with Gasteiger partial charge in [0.1, 0.15) is 11.3 Å². The maximum absolute atomic E-state index is 12.7. The molecule has 16 heteroatoms. The third-order valence-corrected chi connectivity index (χ3v) is 8.84. The molecule has 1 aliphatic rings. The number of nitrogens with one attached hydrogen (secondary N) is 2. The highest BCUT2D eigenvalue weighted by atomic mass is 33.1. The molecule has 0 bridgehead atoms. The Morgan fingerprint density at radius 2 is 1.92 bits per heavy atom. The van der Waals surface area contributed by atoms with Crippen molar-refractivity contribution in [2.45, 2.75) is 11.4 Å². The first kappa shape index (κ1) is 30.0. The minimum absolute atomic E-state index is 0.0397. The number of fused-ring (bicyclic) bond motifs is 1. The van der Waals surface area contributed by atoms with Crippen molar-refractivity contribution in [2.75, 3.05) is 44.0 Å². The maximum Gasteiger partial charge on any atom is 0.312 e. The van der Waals surface area contributed by atoms with E-state index in [0.717, 1.165) is 16.5 Å². The van der Waals surface area contributed by atoms with Gasteiger partial charge >= 0.3 is 11.8 Å². The largest absolute Gasteiger partial charge is 0.497 e. The molecule has 0 saturated heterocycles. The number of carbonyl (C=O) groups excluding carboxylic acids is 3. The molecule has 0 spiro atoms. The third kappa shape index (κ3) is 8.71. The topological polar surface area (TPSA) is 180 Å². The van der Waals surface area contributed by atoms with Crippen LogP contribution in [-0.4, -0.2) is 71.5 Å². The summed E-state index contributed by atoms with van der Waals surface area (Å²) in [5, 5.41) is 19.8. The highest BCUT2D eigenvalue weighted by molar-refractivity contribution is 8.76. The second kappa shape index (κ2) is 15.1. The zero-order valence-corrected chi connectivity index (χ0v) is 23.3. The predicted octanol–water partition coefficient (Wildman–Crippen LogP) is 3.91. The van der Waals surface area contributed by atoms with Crippen LogP contribution in [0.5, 0.6) is 5.75 Å². The number of nitro benzene ring substituents is 1. The van der Waals surface area contributed by atoms with Crippen LogP contribution >= 0.6 is 33.3 Å². The molecule has 2 N–H and O–H groups in total. The van der Waals surface area contributed by atoms with Crippen molar-refractivity contribution in [3.63, 3.8) is 0 Å². The second-order valence-electron chi connectivity index (χ2n) is 7.85. The average Bonchev–Trinajstić information content (AvgIpc) is 3.15. The van der Waals surface area contributed by atoms with Gasteiger partial charge in [-0.3, -0.25) is 24.5 Å². The Bertz CT molecular complexity index is 1290. The van der Waals surface area contributed by atoms with E-state index < -0.39 is 28.3 Å². The van der Waals surface area contributed by atoms with E-state index >= 15 is 0 Å². The normalized spacial score (nSPS) is 12.4. The molecule has 0 fully saturated rings. The summed E-state index contributed by atoms with van der Waals surface area (Å²) in [6.45, 7) is 1.36. The van der Waals surface area contributed by atoms with Gasteiger partial charge in [0.05, 0.1) is 12.0 Å². The van der Waals surface area contributed by atoms with Crippen molar-refractivity contribution in [1.82, 2.24) is 15.5 Å². The second-order valence-corrected chi connectivity index (χ2v) is 11.7. The Labute approximate surface area is 236 Å². The Morgan fingerprint density at radius 3 is 2.62 bits per heavy atom. The van der Waals surface area contributed by atoms with Crippen LogP contribution in [-0.2, 0) is 16.1 Å². The molecule has 0 unspecified atom stereocenters. The van der Waals surface area contributed by atoms with Gasteiger partial charge in [-0.1, -0.05) is 32.8 Å². The Morgan fingerprint density at radius 1 is 1.18 bits per heavy atom. The summed E-state index contributed by atoms with van der Waals surface area (Å²) in [7, 11) is 4.49. The smallest absolute Gasteiger partial charge is 0.312 e. The number of azide groups is 1. The lowest BCUT2D eigenvalue weighted by Crippen LogP contribution is -2.43. The fourth-order valence-electron chi connectivity index (χ4n) is 3.49. The number of amides is 3. The van der Waals surface area contributed by atoms with E-state index in [1.807, 2.05) is 18.2 Å². The molecule has 0 aromatic heterocycles. The van der Waals surface area contributed by atoms with Crippen LogP contribution in [0.4, 0.5) is 11.4 Å². The number of benzene rings is 2. The first-order chi connectivity index (χ1) is 18.8. The predicted molar refractivity (Wildman–Crippen MR) is 151 cm³/mol. The van der Waals surface area contributed by atoms with Crippen LogP contribution in [0.25, 0.3) is 10.4 Å². The quantitative estimate of drug-likeness (QED) is 0.0572. The number of nitrogens with zero attached hydrogens (tertiary/aromatic N) is 5. The van der Waals surface area contributed by atoms with Crippen LogP contribution in [0.3, 0.4) is 0 Å². The number of thioether (sulfide) groups is 1. The minimum Gasteiger partial charge on any atom is -0.497 e. The molecule has 0 aliphatic carbocycles. The molecule has 3 rings (SSSR count). The van der Waals surface area contributed by atoms with Gasteiger partial charge in [-0.2, -0.15) is 0 Å². The van der Waals surface area contributed by atoms with E-state index in [9.17, 15) is 24.5 Å². The Balaban J connectivity index is 1.35. The van der Waals surface area contributed by atoms with Gasteiger partial charge in [-0.15, -0.1) is 11.8 Å². The van der Waals surface area contributed by atoms with Crippen LogP contribution in [0.1, 0.15) is 15.9 Å². The van der Waals surface area contributed by atoms with Crippen LogP contribution in [0.2, 0.25) is 0 Å². The van der Waals surface area contributed by atoms with E-state index in [4.69, 9.17) is 10.3 Å². The van der Waals surface area contributed by atoms with Crippen molar-refractivity contribution in [3.05, 3.63) is 68.1 Å². The van der Waals surface area contributed by atoms with Gasteiger partial charge in [0.2, 0.25) is 0 Å². The van der Waals surface area contributed by atoms with Gasteiger partial charge in [0.15, 0.2) is 0 Å². The molecule has 0 radical (unpaired) electrons. The molecular weight excluding hydrogens is 566 g/mol. The van der Waals surface area contributed by atoms with Crippen molar-refractivity contribution in [3.8, 4) is 5.75 Å². The van der Waals surface area contributed by atoms with Gasteiger partial charge < -0.3 is 20.3 Å². The van der Waals surface area contributed by atoms with E-state index in [0.29, 0.717) is 42.6 Å². The SMILES string of the molecule is COc1ccc2c(c1)CN(C(=O)C(=O)NCCSSCCNC(=O)c1ccc(N=[N+]=[N-])cc1[N+](=O)[O-])CCS2. The standard InChI is InChI=1S/C23H25N7O6S3/c1-36-17-3-5-20-15(12-17)14-29(8-11-37-20)23(33)22(32)26-7-10-39-38-9-6-25-21(31)18-4-2-16(27-28-24)13-19(18)30(34)35/h2-5,12-13H,6-11,14H2,1H3,(H,25,31)(H,26,32). The lowest BCUT2D eigenvalue weighted by molar-refractivity contribution is -0.385. The monoisotopic (exact) mass is 591 g/mol. The Hall–Kier alpha value is -3.59. The first-order valence-electron chi connectivity index (χ1n) is 11.6. The average molecular weight is 592 g/mol. The number of carbonyl (C=O) groups is 3. The van der Waals surface area contributed by atoms with Gasteiger partial charge in [0.25, 0.3) is 11.6 Å². The fourth-order valence-corrected chi connectivity index (χ4v) is 6.31. The van der Waals surface area contributed by atoms with Crippen molar-refractivity contribution < 1.29 is 24.0 Å². The molecule has 1 heterocycles. The maximum atomic E-state index is 12.7. The summed E-state index contributed by atoms with van der Waals surface area (Å²) in [4.78, 5) is 53.1. The molecule has 2 aromatic rings. The zero-order chi connectivity index (χ0) is 28.2. The van der Waals surface area contributed by atoms with Crippen LogP contribution in [0, 0.1) is 10.1 Å². The summed E-state index contributed by atoms with van der Waals surface area (Å²) < 4.78 is 5.27. The van der Waals surface area contributed by atoms with Crippen LogP contribution < -0.4 is 15.4 Å². The number of hydrogen-bond acceptors (Lipinski definition) is 10. The number of nitro groups is 1. The van der Waals surface area contributed by atoms with Gasteiger partial charge in [-0.25, -0.2) is 0 Å². The highest BCUT2D eigenvalue weighted by Crippen LogP contribution is 2.30. The number of methoxy groups -OCH3 is 1. The van der Waals surface area contributed by atoms with Gasteiger partial charge in [0, 0.05) is 65.0 Å². The summed E-state index contributed by atoms with van der Waals surface area (Å²) in [6, 6.07) is 9.32. The zero-order valence-electron chi connectivity index (χ0n) is 20.8. The lowest BCUT2D eigenvalue weighted by Gasteiger charge is -2.20. The molecule has 39 heavy (non-hydrogen) atoms. The molecule has 0 atom stereocenters. The summed E-state index contributed by atoms with van der Waals surface area (Å²) in [6.07, 6.45) is 0. The van der Waals surface area contributed by atoms with Crippen molar-refractivity contribution >= 4 is 62.4 Å². The van der Waals surface area contributed by atoms with E-state index in [-0.39, 0.29) is 17.8 Å². The lowest BCUT2D eigenvalue weighted by atomic mass is 10.1. The molecule has 0 saturated carbocycles. The summed E-state index contributed by atoms with van der Waals surface area (Å²) in [5.41, 5.74) is 8.87. The minimum atomic E-state index is -0.712. The molecule has 1 aliphatic heterocycles. The summed E-state index contributed by atoms with van der Waals surface area (Å²) in [5.74, 6) is 0.603. The number of rotatable bonds is 11. The van der Waals surface area contributed by atoms with Crippen molar-refractivity contribution in [2.24, 2.45) is 5.11 Å². The van der Waals surface area contributed by atoms with E-state index in [2.05, 4.69) is 20.7 Å². The molecule has 13 nitrogen and oxygen atoms in total. The first-order valence-corrected chi connectivity index (χ1v) is 15.0. The number of hydrogen-bond donors (Lipinski definition) is 2. The number of ether oxygens (including phenoxy) is 1. The third-order valence-electron chi connectivity index (χ3n) is 5.34. The fraction of sp³-hybridized carbons (Fsp3) is 0.348. The molecular formula is C23H25N7O6S3. The van der Waals surface area contributed by atoms with E-state index in [1.165, 1.54) is 38.6 Å².